The topological polar surface area (TPSA) is 84.8 Å². The van der Waals surface area contributed by atoms with Crippen molar-refractivity contribution in [3.8, 4) is 0 Å². The molecular weight excluding hydrogens is 410 g/mol. The molecule has 6 nitrogen and oxygen atoms in total. The number of hydrogen-bond donors (Lipinski definition) is 1. The van der Waals surface area contributed by atoms with Crippen LogP contribution >= 0.6 is 22.9 Å². The standard InChI is InChI=1S/C21H22ClN3O3S/c22-14-6-7-16-15(11-14)20(27)25(21(28)24-16)17(10-13-4-2-1-3-5-13)18(26)12-19-23-8-9-29-19/h6-9,11,13,17H,1-5,10,12H2,(H,24,28). The molecule has 0 bridgehead atoms. The number of halogens is 1. The van der Waals surface area contributed by atoms with Crippen LogP contribution in [0.25, 0.3) is 10.9 Å². The Balaban J connectivity index is 1.78. The second kappa shape index (κ2) is 8.63. The Kier molecular flexibility index (Phi) is 5.96. The highest BCUT2D eigenvalue weighted by Gasteiger charge is 2.29. The molecule has 1 atom stereocenters. The number of carbonyl (C=O) groups excluding carboxylic acids is 1. The zero-order valence-electron chi connectivity index (χ0n) is 15.9. The van der Waals surface area contributed by atoms with Crippen molar-refractivity contribution in [2.24, 2.45) is 5.92 Å². The number of nitrogens with zero attached hydrogens (tertiary/aromatic N) is 2. The SMILES string of the molecule is O=C(Cc1nccs1)C(CC1CCCCC1)n1c(=O)[nH]c2ccc(Cl)cc2c1=O. The van der Waals surface area contributed by atoms with E-state index in [0.717, 1.165) is 30.3 Å². The lowest BCUT2D eigenvalue weighted by Crippen LogP contribution is -2.42. The molecule has 0 saturated heterocycles. The van der Waals surface area contributed by atoms with Crippen molar-refractivity contribution in [3.05, 3.63) is 60.6 Å². The van der Waals surface area contributed by atoms with E-state index in [9.17, 15) is 14.4 Å². The molecule has 1 aliphatic carbocycles. The fourth-order valence-corrected chi connectivity index (χ4v) is 5.01. The Morgan fingerprint density at radius 1 is 1.28 bits per heavy atom. The second-order valence-corrected chi connectivity index (χ2v) is 9.04. The van der Waals surface area contributed by atoms with Gasteiger partial charge in [-0.3, -0.25) is 9.59 Å². The number of aromatic amines is 1. The number of hydrogen-bond acceptors (Lipinski definition) is 5. The Morgan fingerprint density at radius 3 is 2.79 bits per heavy atom. The van der Waals surface area contributed by atoms with Crippen LogP contribution in [0.3, 0.4) is 0 Å². The van der Waals surface area contributed by atoms with Crippen LogP contribution < -0.4 is 11.2 Å². The molecule has 1 fully saturated rings. The van der Waals surface area contributed by atoms with Gasteiger partial charge in [0.2, 0.25) is 0 Å². The highest BCUT2D eigenvalue weighted by Crippen LogP contribution is 2.31. The van der Waals surface area contributed by atoms with Gasteiger partial charge in [0.15, 0.2) is 5.78 Å². The van der Waals surface area contributed by atoms with Crippen LogP contribution in [0.1, 0.15) is 49.6 Å². The van der Waals surface area contributed by atoms with E-state index in [4.69, 9.17) is 11.6 Å². The van der Waals surface area contributed by atoms with Gasteiger partial charge >= 0.3 is 5.69 Å². The van der Waals surface area contributed by atoms with E-state index in [-0.39, 0.29) is 12.2 Å². The summed E-state index contributed by atoms with van der Waals surface area (Å²) in [6.45, 7) is 0. The van der Waals surface area contributed by atoms with E-state index >= 15 is 0 Å². The van der Waals surface area contributed by atoms with Gasteiger partial charge in [0.25, 0.3) is 5.56 Å². The van der Waals surface area contributed by atoms with E-state index in [1.165, 1.54) is 23.8 Å². The van der Waals surface area contributed by atoms with Gasteiger partial charge in [-0.05, 0) is 30.5 Å². The lowest BCUT2D eigenvalue weighted by Gasteiger charge is -2.26. The maximum atomic E-state index is 13.2. The number of carbonyl (C=O) groups is 1. The molecule has 0 spiro atoms. The fourth-order valence-electron chi connectivity index (χ4n) is 4.21. The van der Waals surface area contributed by atoms with Crippen LogP contribution in [0.4, 0.5) is 0 Å². The summed E-state index contributed by atoms with van der Waals surface area (Å²) < 4.78 is 1.10. The molecule has 152 valence electrons. The molecule has 1 aromatic carbocycles. The minimum absolute atomic E-state index is 0.120. The molecule has 29 heavy (non-hydrogen) atoms. The molecule has 1 saturated carbocycles. The monoisotopic (exact) mass is 431 g/mol. The first-order chi connectivity index (χ1) is 14.0. The highest BCUT2D eigenvalue weighted by atomic mass is 35.5. The molecule has 2 heterocycles. The summed E-state index contributed by atoms with van der Waals surface area (Å²) in [5, 5.41) is 3.23. The summed E-state index contributed by atoms with van der Waals surface area (Å²) in [6, 6.07) is 3.96. The van der Waals surface area contributed by atoms with Gasteiger partial charge in [-0.15, -0.1) is 11.3 Å². The fraction of sp³-hybridized carbons (Fsp3) is 0.429. The third kappa shape index (κ3) is 4.36. The van der Waals surface area contributed by atoms with Crippen LogP contribution in [0.15, 0.2) is 39.4 Å². The molecule has 8 heteroatoms. The Labute approximate surface area is 176 Å². The van der Waals surface area contributed by atoms with Crippen LogP contribution in [0.5, 0.6) is 0 Å². The first-order valence-electron chi connectivity index (χ1n) is 9.88. The van der Waals surface area contributed by atoms with Crippen LogP contribution in [0, 0.1) is 5.92 Å². The predicted molar refractivity (Wildman–Crippen MR) is 115 cm³/mol. The smallest absolute Gasteiger partial charge is 0.307 e. The predicted octanol–water partition coefficient (Wildman–Crippen LogP) is 4.12. The molecular formula is C21H22ClN3O3S. The lowest BCUT2D eigenvalue weighted by atomic mass is 9.83. The average Bonchev–Trinajstić information content (AvgIpc) is 3.21. The normalized spacial score (nSPS) is 16.2. The highest BCUT2D eigenvalue weighted by molar-refractivity contribution is 7.09. The number of H-pyrrole nitrogens is 1. The Bertz CT molecular complexity index is 1130. The number of fused-ring (bicyclic) bond motifs is 1. The number of benzene rings is 1. The number of nitrogens with one attached hydrogen (secondary N) is 1. The summed E-state index contributed by atoms with van der Waals surface area (Å²) in [5.41, 5.74) is -0.609. The third-order valence-corrected chi connectivity index (χ3v) is 6.68. The largest absolute Gasteiger partial charge is 0.329 e. The van der Waals surface area contributed by atoms with Crippen molar-refractivity contribution in [1.82, 2.24) is 14.5 Å². The van der Waals surface area contributed by atoms with Gasteiger partial charge in [-0.1, -0.05) is 43.7 Å². The summed E-state index contributed by atoms with van der Waals surface area (Å²) in [5.74, 6) is 0.176. The maximum Gasteiger partial charge on any atom is 0.329 e. The first kappa shape index (κ1) is 20.0. The summed E-state index contributed by atoms with van der Waals surface area (Å²) in [4.78, 5) is 46.2. The summed E-state index contributed by atoms with van der Waals surface area (Å²) in [7, 11) is 0. The van der Waals surface area contributed by atoms with Crippen LogP contribution in [0.2, 0.25) is 5.02 Å². The lowest BCUT2D eigenvalue weighted by molar-refractivity contribution is -0.122. The molecule has 3 aromatic rings. The third-order valence-electron chi connectivity index (χ3n) is 5.66. The van der Waals surface area contributed by atoms with E-state index < -0.39 is 17.3 Å². The Morgan fingerprint density at radius 2 is 2.07 bits per heavy atom. The van der Waals surface area contributed by atoms with Crippen molar-refractivity contribution in [2.45, 2.75) is 51.0 Å². The van der Waals surface area contributed by atoms with Gasteiger partial charge in [0.1, 0.15) is 6.04 Å². The Hall–Kier alpha value is -2.25. The van der Waals surface area contributed by atoms with Crippen LogP contribution in [-0.2, 0) is 11.2 Å². The average molecular weight is 432 g/mol. The van der Waals surface area contributed by atoms with Crippen molar-refractivity contribution in [2.75, 3.05) is 0 Å². The molecule has 1 aliphatic rings. The zero-order chi connectivity index (χ0) is 20.4. The molecule has 4 rings (SSSR count). The molecule has 1 N–H and O–H groups in total. The minimum atomic E-state index is -0.804. The van der Waals surface area contributed by atoms with E-state index in [1.54, 1.807) is 18.3 Å². The number of rotatable bonds is 6. The van der Waals surface area contributed by atoms with Crippen molar-refractivity contribution in [1.29, 1.82) is 0 Å². The summed E-state index contributed by atoms with van der Waals surface area (Å²) in [6.07, 6.45) is 7.75. The molecule has 0 aliphatic heterocycles. The van der Waals surface area contributed by atoms with Gasteiger partial charge < -0.3 is 4.98 Å². The quantitative estimate of drug-likeness (QED) is 0.636. The van der Waals surface area contributed by atoms with Crippen molar-refractivity contribution >= 4 is 39.6 Å². The van der Waals surface area contributed by atoms with E-state index in [1.807, 2.05) is 5.38 Å². The second-order valence-electron chi connectivity index (χ2n) is 7.62. The molecule has 1 unspecified atom stereocenters. The zero-order valence-corrected chi connectivity index (χ0v) is 17.5. The van der Waals surface area contributed by atoms with Crippen molar-refractivity contribution < 1.29 is 4.79 Å². The van der Waals surface area contributed by atoms with E-state index in [2.05, 4.69) is 9.97 Å². The summed E-state index contributed by atoms with van der Waals surface area (Å²) >= 11 is 7.46. The number of ketones is 1. The van der Waals surface area contributed by atoms with Crippen molar-refractivity contribution in [3.63, 3.8) is 0 Å². The van der Waals surface area contributed by atoms with Crippen LogP contribution in [-0.4, -0.2) is 20.3 Å². The first-order valence-corrected chi connectivity index (χ1v) is 11.1. The molecule has 0 radical (unpaired) electrons. The maximum absolute atomic E-state index is 13.2. The van der Waals surface area contributed by atoms with Gasteiger partial charge in [-0.25, -0.2) is 14.3 Å². The number of Topliss-reactive ketones (excluding diaryl/α,β-unsaturated/α-hetero) is 1. The molecule has 2 aromatic heterocycles. The van der Waals surface area contributed by atoms with E-state index in [0.29, 0.717) is 33.3 Å². The van der Waals surface area contributed by atoms with Gasteiger partial charge in [0, 0.05) is 16.6 Å². The molecule has 0 amide bonds. The van der Waals surface area contributed by atoms with Gasteiger partial charge in [0.05, 0.1) is 22.3 Å². The number of aromatic nitrogens is 3. The number of thiazole rings is 1. The minimum Gasteiger partial charge on any atom is -0.307 e. The van der Waals surface area contributed by atoms with Gasteiger partial charge in [-0.2, -0.15) is 0 Å².